The third-order valence-corrected chi connectivity index (χ3v) is 6.94. The summed E-state index contributed by atoms with van der Waals surface area (Å²) in [5, 5.41) is 9.20. The van der Waals surface area contributed by atoms with Gasteiger partial charge in [-0.25, -0.2) is 4.39 Å². The molecule has 0 bridgehead atoms. The fraction of sp³-hybridized carbons (Fsp3) is 0.391. The van der Waals surface area contributed by atoms with Gasteiger partial charge < -0.3 is 5.32 Å². The summed E-state index contributed by atoms with van der Waals surface area (Å²) >= 11 is 5.91. The van der Waals surface area contributed by atoms with Crippen LogP contribution in [0, 0.1) is 23.6 Å². The zero-order valence-electron chi connectivity index (χ0n) is 16.2. The number of rotatable bonds is 5. The van der Waals surface area contributed by atoms with E-state index in [9.17, 15) is 9.18 Å². The molecule has 1 aromatic heterocycles. The highest BCUT2D eigenvalue weighted by atomic mass is 35.5. The van der Waals surface area contributed by atoms with E-state index in [1.807, 2.05) is 16.9 Å². The molecule has 0 saturated heterocycles. The molecular weight excluding hydrogens is 389 g/mol. The Hall–Kier alpha value is -2.40. The van der Waals surface area contributed by atoms with Crippen molar-refractivity contribution >= 4 is 28.4 Å². The summed E-state index contributed by atoms with van der Waals surface area (Å²) in [5.41, 5.74) is 1.09. The Morgan fingerprint density at radius 2 is 1.97 bits per heavy atom. The molecule has 1 amide bonds. The summed E-state index contributed by atoms with van der Waals surface area (Å²) in [7, 11) is 0. The molecule has 2 aliphatic carbocycles. The third-order valence-electron chi connectivity index (χ3n) is 6.69. The van der Waals surface area contributed by atoms with Gasteiger partial charge in [0, 0.05) is 28.2 Å². The fourth-order valence-corrected chi connectivity index (χ4v) is 5.34. The van der Waals surface area contributed by atoms with E-state index in [1.165, 1.54) is 6.07 Å². The summed E-state index contributed by atoms with van der Waals surface area (Å²) < 4.78 is 15.9. The van der Waals surface area contributed by atoms with Crippen molar-refractivity contribution in [3.8, 4) is 0 Å². The molecule has 6 heteroatoms. The fourth-order valence-electron chi connectivity index (χ4n) is 5.21. The van der Waals surface area contributed by atoms with Crippen LogP contribution in [0.5, 0.6) is 0 Å². The summed E-state index contributed by atoms with van der Waals surface area (Å²) in [6, 6.07) is 12.6. The average molecular weight is 412 g/mol. The number of amides is 1. The Morgan fingerprint density at radius 3 is 2.62 bits per heavy atom. The van der Waals surface area contributed by atoms with Crippen LogP contribution in [0.15, 0.2) is 48.7 Å². The second-order valence-electron chi connectivity index (χ2n) is 8.31. The molecule has 0 radical (unpaired) electrons. The van der Waals surface area contributed by atoms with E-state index < -0.39 is 0 Å². The molecule has 29 heavy (non-hydrogen) atoms. The highest BCUT2D eigenvalue weighted by Gasteiger charge is 2.59. The molecule has 3 aromatic rings. The highest BCUT2D eigenvalue weighted by molar-refractivity contribution is 6.30. The third kappa shape index (κ3) is 3.31. The molecule has 0 aliphatic heterocycles. The number of aromatic nitrogens is 2. The number of fused-ring (bicyclic) bond motifs is 2. The lowest BCUT2D eigenvalue weighted by Crippen LogP contribution is -2.37. The van der Waals surface area contributed by atoms with Crippen molar-refractivity contribution in [1.29, 1.82) is 0 Å². The number of nitrogens with zero attached hydrogens (tertiary/aromatic N) is 2. The summed E-state index contributed by atoms with van der Waals surface area (Å²) in [5.74, 6) is 1.43. The Bertz CT molecular complexity index is 1050. The second kappa shape index (κ2) is 7.13. The van der Waals surface area contributed by atoms with Crippen LogP contribution < -0.4 is 5.32 Å². The van der Waals surface area contributed by atoms with E-state index in [1.54, 1.807) is 30.3 Å². The average Bonchev–Trinajstić information content (AvgIpc) is 3.08. The monoisotopic (exact) mass is 411 g/mol. The van der Waals surface area contributed by atoms with Crippen LogP contribution in [0.1, 0.15) is 42.6 Å². The van der Waals surface area contributed by atoms with Gasteiger partial charge in [0.05, 0.1) is 6.04 Å². The van der Waals surface area contributed by atoms with Crippen molar-refractivity contribution in [2.45, 2.75) is 38.3 Å². The maximum absolute atomic E-state index is 13.9. The lowest BCUT2D eigenvalue weighted by Gasteiger charge is -2.21. The van der Waals surface area contributed by atoms with Crippen molar-refractivity contribution in [2.24, 2.45) is 17.8 Å². The van der Waals surface area contributed by atoms with Gasteiger partial charge in [0.15, 0.2) is 5.82 Å². The van der Waals surface area contributed by atoms with Gasteiger partial charge in [-0.1, -0.05) is 30.7 Å². The van der Waals surface area contributed by atoms with Gasteiger partial charge in [0.2, 0.25) is 0 Å². The first kappa shape index (κ1) is 18.6. The van der Waals surface area contributed by atoms with Crippen LogP contribution in [0.3, 0.4) is 0 Å². The largest absolute Gasteiger partial charge is 0.349 e. The molecule has 3 unspecified atom stereocenters. The van der Waals surface area contributed by atoms with Gasteiger partial charge in [0.25, 0.3) is 5.91 Å². The lowest BCUT2D eigenvalue weighted by molar-refractivity contribution is 0.0926. The van der Waals surface area contributed by atoms with Crippen LogP contribution in [0.4, 0.5) is 4.39 Å². The SMILES string of the molecule is CCC(NC(=O)c1ccc(Cl)cc1)C1C2CC(n3cc4cccc(F)c4n3)CC21. The van der Waals surface area contributed by atoms with Crippen LogP contribution in [-0.4, -0.2) is 21.7 Å². The standard InChI is InChI=1S/C23H23ClFN3O/c1-2-20(26-23(29)13-6-8-15(24)9-7-13)21-17-10-16(11-18(17)21)28-12-14-4-3-5-19(25)22(14)27-28/h3-9,12,16-18,20-21H,2,10-11H2,1H3,(H,26,29). The Kier molecular flexibility index (Phi) is 4.58. The highest BCUT2D eigenvalue weighted by Crippen LogP contribution is 2.62. The maximum Gasteiger partial charge on any atom is 0.251 e. The summed E-state index contributed by atoms with van der Waals surface area (Å²) in [6.45, 7) is 2.13. The van der Waals surface area contributed by atoms with Crippen LogP contribution in [-0.2, 0) is 0 Å². The van der Waals surface area contributed by atoms with Crippen molar-refractivity contribution in [1.82, 2.24) is 15.1 Å². The predicted molar refractivity (Wildman–Crippen MR) is 111 cm³/mol. The smallest absolute Gasteiger partial charge is 0.251 e. The first-order valence-corrected chi connectivity index (χ1v) is 10.6. The Balaban J connectivity index is 1.24. The minimum atomic E-state index is -0.266. The van der Waals surface area contributed by atoms with Crippen LogP contribution >= 0.6 is 11.6 Å². The van der Waals surface area contributed by atoms with Gasteiger partial charge in [-0.3, -0.25) is 9.48 Å². The first-order chi connectivity index (χ1) is 14.0. The quantitative estimate of drug-likeness (QED) is 0.624. The van der Waals surface area contributed by atoms with Gasteiger partial charge in [-0.05, 0) is 67.3 Å². The number of nitrogens with one attached hydrogen (secondary N) is 1. The molecule has 2 fully saturated rings. The zero-order chi connectivity index (χ0) is 20.1. The topological polar surface area (TPSA) is 46.9 Å². The maximum atomic E-state index is 13.9. The van der Waals surface area contributed by atoms with E-state index in [4.69, 9.17) is 11.6 Å². The van der Waals surface area contributed by atoms with Crippen molar-refractivity contribution < 1.29 is 9.18 Å². The van der Waals surface area contributed by atoms with Gasteiger partial charge in [-0.2, -0.15) is 5.10 Å². The minimum absolute atomic E-state index is 0.0381. The summed E-state index contributed by atoms with van der Waals surface area (Å²) in [6.07, 6.45) is 4.96. The molecule has 2 saturated carbocycles. The summed E-state index contributed by atoms with van der Waals surface area (Å²) in [4.78, 5) is 12.6. The van der Waals surface area contributed by atoms with Gasteiger partial charge >= 0.3 is 0 Å². The molecule has 1 N–H and O–H groups in total. The predicted octanol–water partition coefficient (Wildman–Crippen LogP) is 5.23. The molecule has 5 rings (SSSR count). The first-order valence-electron chi connectivity index (χ1n) is 10.2. The molecular formula is C23H23ClFN3O. The van der Waals surface area contributed by atoms with Crippen molar-refractivity contribution in [2.75, 3.05) is 0 Å². The van der Waals surface area contributed by atoms with E-state index in [0.29, 0.717) is 39.9 Å². The molecule has 3 atom stereocenters. The second-order valence-corrected chi connectivity index (χ2v) is 8.75. The number of benzene rings is 2. The number of carbonyl (C=O) groups is 1. The van der Waals surface area contributed by atoms with E-state index >= 15 is 0 Å². The number of hydrogen-bond acceptors (Lipinski definition) is 2. The normalized spacial score (nSPS) is 26.3. The van der Waals surface area contributed by atoms with Crippen LogP contribution in [0.25, 0.3) is 10.9 Å². The van der Waals surface area contributed by atoms with E-state index in [2.05, 4.69) is 17.3 Å². The van der Waals surface area contributed by atoms with Gasteiger partial charge in [-0.15, -0.1) is 0 Å². The minimum Gasteiger partial charge on any atom is -0.349 e. The number of hydrogen-bond donors (Lipinski definition) is 1. The Morgan fingerprint density at radius 1 is 1.24 bits per heavy atom. The van der Waals surface area contributed by atoms with Gasteiger partial charge in [0.1, 0.15) is 5.52 Å². The zero-order valence-corrected chi connectivity index (χ0v) is 16.9. The lowest BCUT2D eigenvalue weighted by atomic mass is 9.99. The molecule has 2 aromatic carbocycles. The van der Waals surface area contributed by atoms with E-state index in [0.717, 1.165) is 24.6 Å². The molecule has 2 aliphatic rings. The van der Waals surface area contributed by atoms with Crippen molar-refractivity contribution in [3.63, 3.8) is 0 Å². The Labute approximate surface area is 174 Å². The molecule has 0 spiro atoms. The van der Waals surface area contributed by atoms with E-state index in [-0.39, 0.29) is 17.8 Å². The van der Waals surface area contributed by atoms with Crippen molar-refractivity contribution in [3.05, 3.63) is 65.1 Å². The molecule has 1 heterocycles. The number of halogens is 2. The molecule has 4 nitrogen and oxygen atoms in total. The number of carbonyl (C=O) groups excluding carboxylic acids is 1. The molecule has 150 valence electrons. The van der Waals surface area contributed by atoms with Crippen LogP contribution in [0.2, 0.25) is 5.02 Å².